The van der Waals surface area contributed by atoms with E-state index in [0.717, 1.165) is 38.5 Å². The molecule has 2 rings (SSSR count). The molecule has 1 N–H and O–H groups in total. The van der Waals surface area contributed by atoms with Gasteiger partial charge in [-0.3, -0.25) is 4.79 Å². The molecule has 92 valence electrons. The van der Waals surface area contributed by atoms with Gasteiger partial charge in [0.05, 0.1) is 5.41 Å². The smallest absolute Gasteiger partial charge is 0.310 e. The maximum absolute atomic E-state index is 13.0. The molecule has 0 heterocycles. The molecule has 0 bridgehead atoms. The third-order valence-electron chi connectivity index (χ3n) is 4.21. The standard InChI is InChI=1S/C12H18F2O2/c13-12(14)7-11(8-12,10(15)16)9-5-3-1-2-4-6-9/h9H,1-8H2,(H,15,16). The molecule has 2 nitrogen and oxygen atoms in total. The minimum Gasteiger partial charge on any atom is -0.481 e. The number of carboxylic acids is 1. The van der Waals surface area contributed by atoms with Gasteiger partial charge in [0, 0.05) is 12.8 Å². The number of hydrogen-bond donors (Lipinski definition) is 1. The van der Waals surface area contributed by atoms with Gasteiger partial charge in [-0.2, -0.15) is 0 Å². The Morgan fingerprint density at radius 2 is 1.56 bits per heavy atom. The number of hydrogen-bond acceptors (Lipinski definition) is 1. The molecule has 0 unspecified atom stereocenters. The first-order valence-electron chi connectivity index (χ1n) is 6.08. The van der Waals surface area contributed by atoms with E-state index in [-0.39, 0.29) is 5.92 Å². The first-order valence-corrected chi connectivity index (χ1v) is 6.08. The van der Waals surface area contributed by atoms with E-state index in [9.17, 15) is 18.7 Å². The quantitative estimate of drug-likeness (QED) is 0.740. The summed E-state index contributed by atoms with van der Waals surface area (Å²) in [5.41, 5.74) is -1.12. The lowest BCUT2D eigenvalue weighted by molar-refractivity contribution is -0.208. The van der Waals surface area contributed by atoms with E-state index in [1.165, 1.54) is 0 Å². The summed E-state index contributed by atoms with van der Waals surface area (Å²) in [7, 11) is 0. The van der Waals surface area contributed by atoms with Crippen LogP contribution in [0.3, 0.4) is 0 Å². The molecule has 0 spiro atoms. The van der Waals surface area contributed by atoms with Crippen LogP contribution in [-0.4, -0.2) is 17.0 Å². The molecular weight excluding hydrogens is 214 g/mol. The Labute approximate surface area is 94.0 Å². The molecule has 0 amide bonds. The molecule has 0 aliphatic heterocycles. The summed E-state index contributed by atoms with van der Waals surface area (Å²) in [4.78, 5) is 11.3. The van der Waals surface area contributed by atoms with Crippen LogP contribution in [0.25, 0.3) is 0 Å². The molecule has 4 heteroatoms. The van der Waals surface area contributed by atoms with Crippen molar-refractivity contribution in [1.29, 1.82) is 0 Å². The normalized spacial score (nSPS) is 29.1. The van der Waals surface area contributed by atoms with Crippen molar-refractivity contribution in [2.75, 3.05) is 0 Å². The van der Waals surface area contributed by atoms with Gasteiger partial charge in [0.2, 0.25) is 5.92 Å². The van der Waals surface area contributed by atoms with Crippen molar-refractivity contribution in [2.45, 2.75) is 57.3 Å². The number of aliphatic carboxylic acids is 1. The van der Waals surface area contributed by atoms with Crippen LogP contribution in [0, 0.1) is 11.3 Å². The lowest BCUT2D eigenvalue weighted by Crippen LogP contribution is -2.55. The Bertz CT molecular complexity index is 273. The van der Waals surface area contributed by atoms with Gasteiger partial charge in [-0.05, 0) is 18.8 Å². The molecule has 2 aliphatic carbocycles. The predicted molar refractivity (Wildman–Crippen MR) is 55.4 cm³/mol. The van der Waals surface area contributed by atoms with E-state index in [4.69, 9.17) is 0 Å². The molecular formula is C12H18F2O2. The van der Waals surface area contributed by atoms with Gasteiger partial charge in [-0.1, -0.05) is 25.7 Å². The SMILES string of the molecule is O=C(O)C1(C2CCCCCC2)CC(F)(F)C1. The Morgan fingerprint density at radius 3 is 1.94 bits per heavy atom. The second kappa shape index (κ2) is 3.97. The first-order chi connectivity index (χ1) is 7.46. The van der Waals surface area contributed by atoms with Crippen LogP contribution in [0.2, 0.25) is 0 Å². The maximum Gasteiger partial charge on any atom is 0.310 e. The van der Waals surface area contributed by atoms with Crippen molar-refractivity contribution in [1.82, 2.24) is 0 Å². The summed E-state index contributed by atoms with van der Waals surface area (Å²) in [6.45, 7) is 0. The fourth-order valence-corrected chi connectivity index (χ4v) is 3.32. The van der Waals surface area contributed by atoms with Crippen LogP contribution < -0.4 is 0 Å². The van der Waals surface area contributed by atoms with Crippen molar-refractivity contribution in [3.63, 3.8) is 0 Å². The fraction of sp³-hybridized carbons (Fsp3) is 0.917. The second-order valence-corrected chi connectivity index (χ2v) is 5.36. The lowest BCUT2D eigenvalue weighted by Gasteiger charge is -2.48. The number of carboxylic acid groups (broad SMARTS) is 1. The summed E-state index contributed by atoms with van der Waals surface area (Å²) in [6, 6.07) is 0. The zero-order valence-corrected chi connectivity index (χ0v) is 9.35. The number of carbonyl (C=O) groups is 1. The van der Waals surface area contributed by atoms with E-state index >= 15 is 0 Å². The van der Waals surface area contributed by atoms with Gasteiger partial charge < -0.3 is 5.11 Å². The Hall–Kier alpha value is -0.670. The van der Waals surface area contributed by atoms with Crippen LogP contribution in [0.4, 0.5) is 8.78 Å². The average molecular weight is 232 g/mol. The van der Waals surface area contributed by atoms with Crippen LogP contribution in [0.1, 0.15) is 51.4 Å². The third kappa shape index (κ3) is 1.94. The maximum atomic E-state index is 13.0. The van der Waals surface area contributed by atoms with E-state index in [1.807, 2.05) is 0 Å². The second-order valence-electron chi connectivity index (χ2n) is 5.36. The van der Waals surface area contributed by atoms with E-state index in [0.29, 0.717) is 0 Å². The van der Waals surface area contributed by atoms with Crippen molar-refractivity contribution in [3.05, 3.63) is 0 Å². The molecule has 2 saturated carbocycles. The van der Waals surface area contributed by atoms with Crippen LogP contribution in [0.15, 0.2) is 0 Å². The van der Waals surface area contributed by atoms with E-state index < -0.39 is 30.1 Å². The lowest BCUT2D eigenvalue weighted by atomic mass is 9.57. The largest absolute Gasteiger partial charge is 0.481 e. The van der Waals surface area contributed by atoms with Crippen LogP contribution in [0.5, 0.6) is 0 Å². The molecule has 2 fully saturated rings. The zero-order chi connectivity index (χ0) is 11.8. The molecule has 0 atom stereocenters. The highest BCUT2D eigenvalue weighted by molar-refractivity contribution is 5.76. The van der Waals surface area contributed by atoms with Crippen molar-refractivity contribution in [3.8, 4) is 0 Å². The van der Waals surface area contributed by atoms with Crippen molar-refractivity contribution >= 4 is 5.97 Å². The summed E-state index contributed by atoms with van der Waals surface area (Å²) < 4.78 is 26.0. The Balaban J connectivity index is 2.11. The summed E-state index contributed by atoms with van der Waals surface area (Å²) in [5.74, 6) is -3.79. The predicted octanol–water partition coefficient (Wildman–Crippen LogP) is 3.46. The van der Waals surface area contributed by atoms with Gasteiger partial charge in [0.25, 0.3) is 0 Å². The number of halogens is 2. The molecule has 0 saturated heterocycles. The van der Waals surface area contributed by atoms with Gasteiger partial charge in [-0.25, -0.2) is 8.78 Å². The molecule has 2 aliphatic rings. The highest BCUT2D eigenvalue weighted by atomic mass is 19.3. The first kappa shape index (κ1) is 11.8. The van der Waals surface area contributed by atoms with Crippen LogP contribution >= 0.6 is 0 Å². The van der Waals surface area contributed by atoms with Gasteiger partial charge in [0.15, 0.2) is 0 Å². The van der Waals surface area contributed by atoms with E-state index in [1.54, 1.807) is 0 Å². The van der Waals surface area contributed by atoms with E-state index in [2.05, 4.69) is 0 Å². The summed E-state index contributed by atoms with van der Waals surface area (Å²) >= 11 is 0. The van der Waals surface area contributed by atoms with Crippen LogP contribution in [-0.2, 0) is 4.79 Å². The Kier molecular flexibility index (Phi) is 2.93. The molecule has 0 aromatic carbocycles. The molecule has 0 aromatic rings. The minimum atomic E-state index is -2.75. The van der Waals surface area contributed by atoms with Gasteiger partial charge in [-0.15, -0.1) is 0 Å². The van der Waals surface area contributed by atoms with Gasteiger partial charge in [0.1, 0.15) is 0 Å². The highest BCUT2D eigenvalue weighted by Crippen LogP contribution is 2.58. The van der Waals surface area contributed by atoms with Crippen molar-refractivity contribution < 1.29 is 18.7 Å². The summed E-state index contributed by atoms with van der Waals surface area (Å²) in [6.07, 6.45) is 4.94. The minimum absolute atomic E-state index is 0.0351. The average Bonchev–Trinajstić information content (AvgIpc) is 2.40. The highest BCUT2D eigenvalue weighted by Gasteiger charge is 2.63. The number of alkyl halides is 2. The fourth-order valence-electron chi connectivity index (χ4n) is 3.32. The number of rotatable bonds is 2. The monoisotopic (exact) mass is 232 g/mol. The van der Waals surface area contributed by atoms with Crippen molar-refractivity contribution in [2.24, 2.45) is 11.3 Å². The molecule has 16 heavy (non-hydrogen) atoms. The molecule has 0 radical (unpaired) electrons. The zero-order valence-electron chi connectivity index (χ0n) is 9.35. The van der Waals surface area contributed by atoms with Gasteiger partial charge >= 0.3 is 5.97 Å². The molecule has 0 aromatic heterocycles. The Morgan fingerprint density at radius 1 is 1.06 bits per heavy atom. The summed E-state index contributed by atoms with van der Waals surface area (Å²) in [5, 5.41) is 9.23. The topological polar surface area (TPSA) is 37.3 Å². The third-order valence-corrected chi connectivity index (χ3v) is 4.21.